The van der Waals surface area contributed by atoms with Gasteiger partial charge in [0.1, 0.15) is 37.9 Å². The highest BCUT2D eigenvalue weighted by Crippen LogP contribution is 2.39. The summed E-state index contributed by atoms with van der Waals surface area (Å²) in [7, 11) is 3.05. The van der Waals surface area contributed by atoms with Gasteiger partial charge in [-0.3, -0.25) is 29.2 Å². The molecule has 0 bridgehead atoms. The summed E-state index contributed by atoms with van der Waals surface area (Å²) in [6, 6.07) is 17.3. The van der Waals surface area contributed by atoms with Crippen molar-refractivity contribution in [1.82, 2.24) is 19.6 Å². The average molecular weight is 983 g/mol. The highest BCUT2D eigenvalue weighted by molar-refractivity contribution is 6.04. The van der Waals surface area contributed by atoms with E-state index in [0.717, 1.165) is 31.2 Å². The highest BCUT2D eigenvalue weighted by atomic mass is 16.5. The van der Waals surface area contributed by atoms with Crippen molar-refractivity contribution in [3.8, 4) is 34.5 Å². The zero-order valence-corrected chi connectivity index (χ0v) is 40.4. The molecule has 0 aliphatic carbocycles. The van der Waals surface area contributed by atoms with Crippen LogP contribution >= 0.6 is 0 Å². The second kappa shape index (κ2) is 22.6. The van der Waals surface area contributed by atoms with Gasteiger partial charge in [0.25, 0.3) is 11.8 Å². The SMILES string of the molecule is COc1cc(/C=C/C(=O)N2CCN(C(=O)/C=C/c3ccc(OCCOc4cc5c(cc4OC)C(=O)N4CCC[C@H]4C=N5)c(CO)c3)CC2)ccc1OCCOc1cc2c(cc1CO)C(=O)N1CCC[C@H]1C=N2. The minimum absolute atomic E-state index is 0.00685. The van der Waals surface area contributed by atoms with Crippen molar-refractivity contribution in [3.63, 3.8) is 0 Å². The minimum Gasteiger partial charge on any atom is -0.493 e. The number of benzene rings is 4. The lowest BCUT2D eigenvalue weighted by atomic mass is 10.1. The summed E-state index contributed by atoms with van der Waals surface area (Å²) in [5.74, 6) is 2.17. The standard InChI is InChI=1S/C54H58N6O12/c1-67-48-26-36(8-12-46(48)70-22-23-71-47-29-43-41(27-38(47)34-62)53(65)59-15-3-5-39(59)31-55-43)10-14-52(64)58-19-17-57(18-20-58)51(63)13-9-35-7-11-45(37(25-35)33-61)69-21-24-72-50-30-44-42(28-49(50)68-2)54(66)60-16-4-6-40(60)32-56-44/h7-14,25-32,39-40,61-62H,3-6,15-24,33-34H2,1-2H3/b13-9+,14-10+/t39-,40-/m0/s1. The number of hydrogen-bond acceptors (Lipinski definition) is 14. The summed E-state index contributed by atoms with van der Waals surface area (Å²) in [6.45, 7) is 2.90. The summed E-state index contributed by atoms with van der Waals surface area (Å²) >= 11 is 0. The van der Waals surface area contributed by atoms with Gasteiger partial charge in [-0.15, -0.1) is 0 Å². The monoisotopic (exact) mass is 982 g/mol. The second-order valence-electron chi connectivity index (χ2n) is 17.8. The molecule has 5 aliphatic heterocycles. The van der Waals surface area contributed by atoms with Gasteiger partial charge in [-0.2, -0.15) is 0 Å². The zero-order chi connectivity index (χ0) is 50.1. The highest BCUT2D eigenvalue weighted by Gasteiger charge is 2.34. The van der Waals surface area contributed by atoms with Crippen LogP contribution in [0.2, 0.25) is 0 Å². The molecule has 5 aliphatic rings. The number of aliphatic hydroxyl groups is 2. The Balaban J connectivity index is 0.708. The maximum absolute atomic E-state index is 13.2. The lowest BCUT2D eigenvalue weighted by molar-refractivity contribution is -0.133. The van der Waals surface area contributed by atoms with Crippen LogP contribution in [0, 0.1) is 0 Å². The Morgan fingerprint density at radius 1 is 0.556 bits per heavy atom. The fourth-order valence-corrected chi connectivity index (χ4v) is 9.46. The average Bonchev–Trinajstić information content (AvgIpc) is 4.05. The van der Waals surface area contributed by atoms with Crippen LogP contribution in [0.25, 0.3) is 12.2 Å². The van der Waals surface area contributed by atoms with Gasteiger partial charge in [0.15, 0.2) is 23.0 Å². The van der Waals surface area contributed by atoms with Crippen molar-refractivity contribution in [1.29, 1.82) is 0 Å². The van der Waals surface area contributed by atoms with Gasteiger partial charge < -0.3 is 58.2 Å². The largest absolute Gasteiger partial charge is 0.493 e. The van der Waals surface area contributed by atoms with Gasteiger partial charge in [-0.25, -0.2) is 0 Å². The summed E-state index contributed by atoms with van der Waals surface area (Å²) in [6.07, 6.45) is 13.6. The maximum Gasteiger partial charge on any atom is 0.256 e. The van der Waals surface area contributed by atoms with E-state index in [-0.39, 0.29) is 75.4 Å². The smallest absolute Gasteiger partial charge is 0.256 e. The number of ether oxygens (including phenoxy) is 6. The van der Waals surface area contributed by atoms with Gasteiger partial charge in [-0.05, 0) is 85.4 Å². The fraction of sp³-hybridized carbons (Fsp3) is 0.370. The number of hydrogen-bond donors (Lipinski definition) is 2. The van der Waals surface area contributed by atoms with Crippen LogP contribution in [0.5, 0.6) is 34.5 Å². The number of fused-ring (bicyclic) bond motifs is 4. The third-order valence-corrected chi connectivity index (χ3v) is 13.4. The quantitative estimate of drug-likeness (QED) is 0.0920. The number of nitrogens with zero attached hydrogens (tertiary/aromatic N) is 6. The molecule has 72 heavy (non-hydrogen) atoms. The van der Waals surface area contributed by atoms with E-state index < -0.39 is 0 Å². The third kappa shape index (κ3) is 10.9. The van der Waals surface area contributed by atoms with Gasteiger partial charge in [0, 0.05) is 87.1 Å². The molecule has 0 aromatic heterocycles. The van der Waals surface area contributed by atoms with E-state index in [4.69, 9.17) is 28.4 Å². The first-order valence-corrected chi connectivity index (χ1v) is 24.2. The number of carbonyl (C=O) groups excluding carboxylic acids is 4. The molecule has 0 unspecified atom stereocenters. The normalized spacial score (nSPS) is 18.2. The van der Waals surface area contributed by atoms with Crippen LogP contribution in [0.4, 0.5) is 11.4 Å². The first-order chi connectivity index (χ1) is 35.1. The maximum atomic E-state index is 13.2. The number of piperazine rings is 1. The van der Waals surface area contributed by atoms with E-state index in [1.54, 1.807) is 76.5 Å². The van der Waals surface area contributed by atoms with Gasteiger partial charge in [-0.1, -0.05) is 12.1 Å². The molecule has 0 radical (unpaired) electrons. The van der Waals surface area contributed by atoms with E-state index >= 15 is 0 Å². The first kappa shape index (κ1) is 49.3. The van der Waals surface area contributed by atoms with Gasteiger partial charge >= 0.3 is 0 Å². The third-order valence-electron chi connectivity index (χ3n) is 13.4. The predicted molar refractivity (Wildman–Crippen MR) is 268 cm³/mol. The number of carbonyl (C=O) groups is 4. The van der Waals surface area contributed by atoms with E-state index in [9.17, 15) is 29.4 Å². The molecule has 4 amide bonds. The Labute approximate surface area is 417 Å². The van der Waals surface area contributed by atoms with E-state index in [0.29, 0.717) is 113 Å². The molecule has 4 aromatic carbocycles. The predicted octanol–water partition coefficient (Wildman–Crippen LogP) is 5.64. The molecule has 2 N–H and O–H groups in total. The van der Waals surface area contributed by atoms with Crippen molar-refractivity contribution in [3.05, 3.63) is 106 Å². The number of amides is 4. The molecule has 2 atom stereocenters. The van der Waals surface area contributed by atoms with E-state index in [1.807, 2.05) is 28.3 Å². The lowest BCUT2D eigenvalue weighted by Gasteiger charge is -2.33. The fourth-order valence-electron chi connectivity index (χ4n) is 9.46. The van der Waals surface area contributed by atoms with Crippen LogP contribution in [-0.2, 0) is 22.8 Å². The number of methoxy groups -OCH3 is 2. The second-order valence-corrected chi connectivity index (χ2v) is 17.8. The number of aliphatic hydroxyl groups excluding tert-OH is 2. The molecule has 9 rings (SSSR count). The van der Waals surface area contributed by atoms with Crippen molar-refractivity contribution in [2.24, 2.45) is 9.98 Å². The molecule has 5 heterocycles. The summed E-state index contributed by atoms with van der Waals surface area (Å²) < 4.78 is 35.0. The Morgan fingerprint density at radius 3 is 1.57 bits per heavy atom. The summed E-state index contributed by atoms with van der Waals surface area (Å²) in [4.78, 5) is 68.9. The van der Waals surface area contributed by atoms with Crippen molar-refractivity contribution >= 4 is 59.6 Å². The van der Waals surface area contributed by atoms with Gasteiger partial charge in [0.2, 0.25) is 11.8 Å². The zero-order valence-electron chi connectivity index (χ0n) is 40.4. The molecule has 3 fully saturated rings. The molecule has 18 nitrogen and oxygen atoms in total. The topological polar surface area (TPSA) is 202 Å². The summed E-state index contributed by atoms with van der Waals surface area (Å²) in [5.41, 5.74) is 4.43. The Morgan fingerprint density at radius 2 is 1.01 bits per heavy atom. The molecule has 0 saturated carbocycles. The van der Waals surface area contributed by atoms with Crippen molar-refractivity contribution in [2.45, 2.75) is 51.0 Å². The Kier molecular flexibility index (Phi) is 15.5. The van der Waals surface area contributed by atoms with Crippen molar-refractivity contribution in [2.75, 3.05) is 79.9 Å². The molecular formula is C54H58N6O12. The van der Waals surface area contributed by atoms with Crippen LogP contribution < -0.4 is 28.4 Å². The van der Waals surface area contributed by atoms with Crippen LogP contribution in [-0.4, -0.2) is 158 Å². The van der Waals surface area contributed by atoms with Crippen LogP contribution in [0.1, 0.15) is 68.7 Å². The Bertz CT molecular complexity index is 2630. The minimum atomic E-state index is -0.302. The van der Waals surface area contributed by atoms with Crippen LogP contribution in [0.15, 0.2) is 82.8 Å². The van der Waals surface area contributed by atoms with Crippen molar-refractivity contribution < 1.29 is 57.8 Å². The number of rotatable bonds is 18. The molecule has 3 saturated heterocycles. The van der Waals surface area contributed by atoms with Crippen LogP contribution in [0.3, 0.4) is 0 Å². The number of aliphatic imine (C=N–C) groups is 2. The Hall–Kier alpha value is -7.70. The molecule has 376 valence electrons. The molecular weight excluding hydrogens is 925 g/mol. The summed E-state index contributed by atoms with van der Waals surface area (Å²) in [5, 5.41) is 20.2. The lowest BCUT2D eigenvalue weighted by Crippen LogP contribution is -2.49. The molecule has 4 aromatic rings. The van der Waals surface area contributed by atoms with Gasteiger partial charge in [0.05, 0.1) is 62.0 Å². The first-order valence-electron chi connectivity index (χ1n) is 24.2. The molecule has 0 spiro atoms. The van der Waals surface area contributed by atoms with E-state index in [1.165, 1.54) is 26.4 Å². The molecule has 18 heteroatoms. The van der Waals surface area contributed by atoms with E-state index in [2.05, 4.69) is 9.98 Å².